The Bertz CT molecular complexity index is 1280. The van der Waals surface area contributed by atoms with Crippen LogP contribution in [0.2, 0.25) is 0 Å². The molecule has 0 spiro atoms. The molecule has 0 saturated heterocycles. The van der Waals surface area contributed by atoms with Crippen LogP contribution in [-0.2, 0) is 0 Å². The van der Waals surface area contributed by atoms with Crippen molar-refractivity contribution in [2.24, 2.45) is 0 Å². The maximum atomic E-state index is 14.3. The van der Waals surface area contributed by atoms with Gasteiger partial charge in [0, 0.05) is 48.9 Å². The largest absolute Gasteiger partial charge is 0.369 e. The third kappa shape index (κ3) is 4.22. The number of fused-ring (bicyclic) bond motifs is 1. The van der Waals surface area contributed by atoms with Gasteiger partial charge < -0.3 is 10.6 Å². The van der Waals surface area contributed by atoms with Gasteiger partial charge >= 0.3 is 0 Å². The van der Waals surface area contributed by atoms with Crippen LogP contribution in [0.25, 0.3) is 22.2 Å². The van der Waals surface area contributed by atoms with Crippen LogP contribution < -0.4 is 10.6 Å². The maximum absolute atomic E-state index is 14.3. The normalized spacial score (nSPS) is 11.9. The lowest BCUT2D eigenvalue weighted by molar-refractivity contribution is 0.0960. The van der Waals surface area contributed by atoms with Crippen LogP contribution >= 0.6 is 0 Å². The van der Waals surface area contributed by atoms with Crippen molar-refractivity contribution in [1.82, 2.24) is 30.2 Å². The fourth-order valence-corrected chi connectivity index (χ4v) is 3.48. The average Bonchev–Trinajstić information content (AvgIpc) is 2.82. The number of pyridine rings is 1. The smallest absolute Gasteiger partial charge is 0.254 e. The Kier molecular flexibility index (Phi) is 5.98. The number of aryl methyl sites for hydroxylation is 1. The van der Waals surface area contributed by atoms with Gasteiger partial charge in [0.05, 0.1) is 23.0 Å². The summed E-state index contributed by atoms with van der Waals surface area (Å²) < 4.78 is 14.3. The van der Waals surface area contributed by atoms with Crippen molar-refractivity contribution in [1.29, 1.82) is 0 Å². The van der Waals surface area contributed by atoms with Crippen LogP contribution in [0.5, 0.6) is 0 Å². The number of carbonyl (C=O) groups excluding carboxylic acids is 1. The van der Waals surface area contributed by atoms with E-state index in [0.717, 1.165) is 17.3 Å². The van der Waals surface area contributed by atoms with Gasteiger partial charge in [-0.3, -0.25) is 9.78 Å². The Morgan fingerprint density at radius 3 is 2.62 bits per heavy atom. The summed E-state index contributed by atoms with van der Waals surface area (Å²) in [6.45, 7) is 4.41. The molecule has 9 heteroatoms. The van der Waals surface area contributed by atoms with E-state index in [0.29, 0.717) is 34.8 Å². The second-order valence-electron chi connectivity index (χ2n) is 7.39. The van der Waals surface area contributed by atoms with Gasteiger partial charge in [0.15, 0.2) is 5.82 Å². The van der Waals surface area contributed by atoms with Crippen LogP contribution in [0.4, 0.5) is 10.2 Å². The van der Waals surface area contributed by atoms with Crippen LogP contribution in [0, 0.1) is 12.7 Å². The van der Waals surface area contributed by atoms with E-state index in [1.165, 1.54) is 13.4 Å². The van der Waals surface area contributed by atoms with Gasteiger partial charge in [0.25, 0.3) is 5.91 Å². The first-order valence-corrected chi connectivity index (χ1v) is 10.1. The number of rotatable bonds is 6. The summed E-state index contributed by atoms with van der Waals surface area (Å²) >= 11 is 0. The number of nitrogens with zero attached hydrogens (tertiary/aromatic N) is 5. The molecule has 0 aliphatic heterocycles. The second-order valence-corrected chi connectivity index (χ2v) is 7.39. The number of benzene rings is 1. The lowest BCUT2D eigenvalue weighted by Gasteiger charge is -2.16. The van der Waals surface area contributed by atoms with E-state index in [-0.39, 0.29) is 11.5 Å². The van der Waals surface area contributed by atoms with Crippen molar-refractivity contribution in [3.63, 3.8) is 0 Å². The van der Waals surface area contributed by atoms with Gasteiger partial charge in [-0.05, 0) is 12.5 Å². The van der Waals surface area contributed by atoms with Crippen molar-refractivity contribution >= 4 is 22.6 Å². The predicted molar refractivity (Wildman–Crippen MR) is 120 cm³/mol. The standard InChI is InChI=1S/C23H22FN7O/c1-13(8-28-20-7-19(30-12-31-20)15-9-26-14(2)27-10-15)16-5-4-6-17-21(23(32)25-3)18(24)11-29-22(16)17/h4-7,9-13H,8H2,1-3H3,(H,25,32)(H,28,30,31). The lowest BCUT2D eigenvalue weighted by atomic mass is 9.96. The number of nitrogens with one attached hydrogen (secondary N) is 2. The predicted octanol–water partition coefficient (Wildman–Crippen LogP) is 3.50. The summed E-state index contributed by atoms with van der Waals surface area (Å²) in [5.74, 6) is 0.237. The van der Waals surface area contributed by atoms with Crippen LogP contribution in [-0.4, -0.2) is 44.4 Å². The number of halogens is 1. The highest BCUT2D eigenvalue weighted by Gasteiger charge is 2.19. The first-order chi connectivity index (χ1) is 15.5. The number of anilines is 1. The highest BCUT2D eigenvalue weighted by molar-refractivity contribution is 6.06. The Balaban J connectivity index is 1.57. The first kappa shape index (κ1) is 21.2. The molecule has 8 nitrogen and oxygen atoms in total. The molecule has 1 unspecified atom stereocenters. The number of para-hydroxylation sites is 1. The summed E-state index contributed by atoms with van der Waals surface area (Å²) in [5, 5.41) is 6.29. The summed E-state index contributed by atoms with van der Waals surface area (Å²) in [6.07, 6.45) is 6.03. The molecule has 2 N–H and O–H groups in total. The Hall–Kier alpha value is -4.01. The molecule has 162 valence electrons. The molecule has 32 heavy (non-hydrogen) atoms. The number of carbonyl (C=O) groups is 1. The topological polar surface area (TPSA) is 106 Å². The van der Waals surface area contributed by atoms with Gasteiger partial charge in [-0.15, -0.1) is 0 Å². The molecule has 1 aromatic carbocycles. The number of amides is 1. The summed E-state index contributed by atoms with van der Waals surface area (Å²) in [4.78, 5) is 33.5. The van der Waals surface area contributed by atoms with E-state index in [1.807, 2.05) is 32.0 Å². The zero-order valence-corrected chi connectivity index (χ0v) is 17.9. The van der Waals surface area contributed by atoms with Crippen molar-refractivity contribution in [2.45, 2.75) is 19.8 Å². The minimum Gasteiger partial charge on any atom is -0.369 e. The molecule has 3 heterocycles. The minimum atomic E-state index is -0.645. The summed E-state index contributed by atoms with van der Waals surface area (Å²) in [5.41, 5.74) is 3.02. The highest BCUT2D eigenvalue weighted by atomic mass is 19.1. The van der Waals surface area contributed by atoms with Crippen molar-refractivity contribution in [3.8, 4) is 11.3 Å². The van der Waals surface area contributed by atoms with Gasteiger partial charge in [-0.25, -0.2) is 24.3 Å². The molecule has 0 fully saturated rings. The quantitative estimate of drug-likeness (QED) is 0.481. The second kappa shape index (κ2) is 9.01. The third-order valence-corrected chi connectivity index (χ3v) is 5.20. The third-order valence-electron chi connectivity index (χ3n) is 5.20. The van der Waals surface area contributed by atoms with E-state index in [2.05, 4.69) is 35.6 Å². The molecular weight excluding hydrogens is 409 g/mol. The SMILES string of the molecule is CNC(=O)c1c(F)cnc2c(C(C)CNc3cc(-c4cnc(C)nc4)ncn3)cccc12. The summed E-state index contributed by atoms with van der Waals surface area (Å²) in [7, 11) is 1.48. The Labute approximate surface area is 184 Å². The maximum Gasteiger partial charge on any atom is 0.254 e. The fourth-order valence-electron chi connectivity index (χ4n) is 3.48. The molecule has 1 atom stereocenters. The van der Waals surface area contributed by atoms with E-state index in [4.69, 9.17) is 0 Å². The molecule has 4 aromatic rings. The van der Waals surface area contributed by atoms with E-state index in [9.17, 15) is 9.18 Å². The van der Waals surface area contributed by atoms with Gasteiger partial charge in [-0.2, -0.15) is 0 Å². The molecule has 0 aliphatic carbocycles. The van der Waals surface area contributed by atoms with Gasteiger partial charge in [-0.1, -0.05) is 25.1 Å². The van der Waals surface area contributed by atoms with Crippen molar-refractivity contribution in [3.05, 3.63) is 72.0 Å². The van der Waals surface area contributed by atoms with E-state index in [1.54, 1.807) is 18.5 Å². The molecule has 0 bridgehead atoms. The lowest BCUT2D eigenvalue weighted by Crippen LogP contribution is -2.20. The van der Waals surface area contributed by atoms with Crippen LogP contribution in [0.3, 0.4) is 0 Å². The molecular formula is C23H22FN7O. The molecule has 0 aliphatic rings. The fraction of sp³-hybridized carbons (Fsp3) is 0.217. The molecule has 4 rings (SSSR count). The van der Waals surface area contributed by atoms with E-state index >= 15 is 0 Å². The highest BCUT2D eigenvalue weighted by Crippen LogP contribution is 2.28. The van der Waals surface area contributed by atoms with E-state index < -0.39 is 11.7 Å². The molecule has 0 radical (unpaired) electrons. The zero-order valence-electron chi connectivity index (χ0n) is 17.9. The first-order valence-electron chi connectivity index (χ1n) is 10.1. The van der Waals surface area contributed by atoms with Gasteiger partial charge in [0.2, 0.25) is 0 Å². The van der Waals surface area contributed by atoms with Crippen LogP contribution in [0.15, 0.2) is 49.2 Å². The minimum absolute atomic E-state index is 0.000248. The molecule has 0 saturated carbocycles. The Morgan fingerprint density at radius 2 is 1.88 bits per heavy atom. The number of hydrogen-bond acceptors (Lipinski definition) is 7. The Morgan fingerprint density at radius 1 is 1.09 bits per heavy atom. The van der Waals surface area contributed by atoms with Crippen molar-refractivity contribution in [2.75, 3.05) is 18.9 Å². The average molecular weight is 431 g/mol. The monoisotopic (exact) mass is 431 g/mol. The van der Waals surface area contributed by atoms with Gasteiger partial charge in [0.1, 0.15) is 18.0 Å². The molecule has 3 aromatic heterocycles. The van der Waals surface area contributed by atoms with Crippen LogP contribution in [0.1, 0.15) is 34.6 Å². The molecule has 1 amide bonds. The number of hydrogen-bond donors (Lipinski definition) is 2. The summed E-state index contributed by atoms with van der Waals surface area (Å²) in [6, 6.07) is 7.28. The number of aromatic nitrogens is 5. The zero-order chi connectivity index (χ0) is 22.7. The van der Waals surface area contributed by atoms with Crippen molar-refractivity contribution < 1.29 is 9.18 Å².